The van der Waals surface area contributed by atoms with E-state index in [1.807, 2.05) is 31.2 Å². The van der Waals surface area contributed by atoms with Crippen LogP contribution in [0.1, 0.15) is 28.4 Å². The van der Waals surface area contributed by atoms with Crippen molar-refractivity contribution in [2.75, 3.05) is 13.7 Å². The molecule has 0 aliphatic carbocycles. The Bertz CT molecular complexity index is 787. The van der Waals surface area contributed by atoms with Gasteiger partial charge in [0.05, 0.1) is 24.7 Å². The van der Waals surface area contributed by atoms with Crippen LogP contribution in [0.2, 0.25) is 0 Å². The number of hydrogen-bond acceptors (Lipinski definition) is 6. The molecule has 0 N–H and O–H groups in total. The maximum Gasteiger partial charge on any atom is 0.345 e. The summed E-state index contributed by atoms with van der Waals surface area (Å²) >= 11 is 0. The van der Waals surface area contributed by atoms with E-state index >= 15 is 0 Å². The molecule has 25 heavy (non-hydrogen) atoms. The quantitative estimate of drug-likeness (QED) is 0.432. The Morgan fingerprint density at radius 2 is 1.96 bits per heavy atom. The van der Waals surface area contributed by atoms with Gasteiger partial charge in [-0.15, -0.1) is 0 Å². The molecule has 7 heteroatoms. The van der Waals surface area contributed by atoms with E-state index in [9.17, 15) is 14.9 Å². The smallest absolute Gasteiger partial charge is 0.345 e. The first-order chi connectivity index (χ1) is 12.0. The minimum absolute atomic E-state index is 0.0210. The van der Waals surface area contributed by atoms with Gasteiger partial charge in [0.2, 0.25) is 0 Å². The Hall–Kier alpha value is -3.09. The van der Waals surface area contributed by atoms with Gasteiger partial charge in [0, 0.05) is 6.07 Å². The molecule has 132 valence electrons. The first kappa shape index (κ1) is 18.3. The van der Waals surface area contributed by atoms with Crippen molar-refractivity contribution in [2.45, 2.75) is 20.5 Å². The molecule has 0 fully saturated rings. The van der Waals surface area contributed by atoms with Crippen molar-refractivity contribution in [3.05, 3.63) is 63.2 Å². The number of nitrogens with zero attached hydrogens (tertiary/aromatic N) is 1. The summed E-state index contributed by atoms with van der Waals surface area (Å²) in [5, 5.41) is 11.3. The van der Waals surface area contributed by atoms with E-state index < -0.39 is 16.6 Å². The highest BCUT2D eigenvalue weighted by Crippen LogP contribution is 2.35. The highest BCUT2D eigenvalue weighted by molar-refractivity contribution is 5.95. The van der Waals surface area contributed by atoms with Gasteiger partial charge >= 0.3 is 5.97 Å². The molecule has 0 unspecified atom stereocenters. The van der Waals surface area contributed by atoms with Crippen molar-refractivity contribution >= 4 is 11.7 Å². The minimum Gasteiger partial charge on any atom is -0.493 e. The van der Waals surface area contributed by atoms with Crippen molar-refractivity contribution in [3.63, 3.8) is 0 Å². The minimum atomic E-state index is -0.797. The van der Waals surface area contributed by atoms with Crippen LogP contribution in [-0.4, -0.2) is 24.6 Å². The second kappa shape index (κ2) is 8.14. The summed E-state index contributed by atoms with van der Waals surface area (Å²) in [6, 6.07) is 9.90. The van der Waals surface area contributed by atoms with E-state index in [1.165, 1.54) is 19.2 Å². The maximum absolute atomic E-state index is 12.3. The summed E-state index contributed by atoms with van der Waals surface area (Å²) in [7, 11) is 1.39. The van der Waals surface area contributed by atoms with Crippen LogP contribution in [-0.2, 0) is 11.3 Å². The summed E-state index contributed by atoms with van der Waals surface area (Å²) in [4.78, 5) is 23.0. The fourth-order valence-electron chi connectivity index (χ4n) is 2.32. The zero-order valence-electron chi connectivity index (χ0n) is 14.3. The highest BCUT2D eigenvalue weighted by atomic mass is 16.6. The van der Waals surface area contributed by atoms with E-state index in [2.05, 4.69) is 0 Å². The van der Waals surface area contributed by atoms with E-state index in [4.69, 9.17) is 14.2 Å². The van der Waals surface area contributed by atoms with Crippen LogP contribution in [0.3, 0.4) is 0 Å². The number of methoxy groups -OCH3 is 1. The normalized spacial score (nSPS) is 10.2. The lowest BCUT2D eigenvalue weighted by molar-refractivity contribution is -0.385. The summed E-state index contributed by atoms with van der Waals surface area (Å²) in [6.45, 7) is 4.00. The van der Waals surface area contributed by atoms with Crippen LogP contribution < -0.4 is 9.47 Å². The van der Waals surface area contributed by atoms with Crippen LogP contribution >= 0.6 is 0 Å². The molecule has 2 aromatic carbocycles. The Morgan fingerprint density at radius 1 is 1.20 bits per heavy atom. The number of benzene rings is 2. The summed E-state index contributed by atoms with van der Waals surface area (Å²) in [5.41, 5.74) is 1.26. The van der Waals surface area contributed by atoms with Crippen LogP contribution in [0, 0.1) is 17.0 Å². The van der Waals surface area contributed by atoms with Crippen LogP contribution in [0.15, 0.2) is 36.4 Å². The molecule has 0 spiro atoms. The average Bonchev–Trinajstić information content (AvgIpc) is 2.59. The number of aryl methyl sites for hydroxylation is 1. The topological polar surface area (TPSA) is 87.9 Å². The van der Waals surface area contributed by atoms with Gasteiger partial charge in [-0.05, 0) is 19.4 Å². The maximum atomic E-state index is 12.3. The molecule has 0 atom stereocenters. The average molecular weight is 345 g/mol. The predicted octanol–water partition coefficient (Wildman–Crippen LogP) is 3.67. The monoisotopic (exact) mass is 345 g/mol. The van der Waals surface area contributed by atoms with Crippen molar-refractivity contribution in [1.82, 2.24) is 0 Å². The summed E-state index contributed by atoms with van der Waals surface area (Å²) in [6.07, 6.45) is 0. The SMILES string of the molecule is CCOc1cc([N+](=O)[O-])c(C(=O)OCc2cccc(C)c2)cc1OC. The summed E-state index contributed by atoms with van der Waals surface area (Å²) < 4.78 is 15.7. The number of nitro benzene ring substituents is 1. The van der Waals surface area contributed by atoms with Gasteiger partial charge in [-0.2, -0.15) is 0 Å². The Balaban J connectivity index is 2.29. The summed E-state index contributed by atoms with van der Waals surface area (Å²) in [5.74, 6) is -0.364. The van der Waals surface area contributed by atoms with Gasteiger partial charge in [0.1, 0.15) is 12.2 Å². The molecular weight excluding hydrogens is 326 g/mol. The standard InChI is InChI=1S/C18H19NO6/c1-4-24-17-10-15(19(21)22)14(9-16(17)23-3)18(20)25-11-13-7-5-6-12(2)8-13/h5-10H,4,11H2,1-3H3. The van der Waals surface area contributed by atoms with Gasteiger partial charge in [0.25, 0.3) is 5.69 Å². The lowest BCUT2D eigenvalue weighted by Crippen LogP contribution is -2.09. The van der Waals surface area contributed by atoms with Crippen molar-refractivity contribution in [1.29, 1.82) is 0 Å². The molecule has 0 bridgehead atoms. The van der Waals surface area contributed by atoms with Gasteiger partial charge in [0.15, 0.2) is 11.5 Å². The Labute approximate surface area is 145 Å². The second-order valence-corrected chi connectivity index (χ2v) is 5.28. The molecule has 0 radical (unpaired) electrons. The highest BCUT2D eigenvalue weighted by Gasteiger charge is 2.25. The number of esters is 1. The Kier molecular flexibility index (Phi) is 5.94. The van der Waals surface area contributed by atoms with E-state index in [1.54, 1.807) is 6.92 Å². The van der Waals surface area contributed by atoms with Crippen molar-refractivity contribution in [2.24, 2.45) is 0 Å². The van der Waals surface area contributed by atoms with Gasteiger partial charge in [-0.25, -0.2) is 4.79 Å². The zero-order chi connectivity index (χ0) is 18.4. The van der Waals surface area contributed by atoms with Gasteiger partial charge in [-0.3, -0.25) is 10.1 Å². The molecule has 2 aromatic rings. The number of ether oxygens (including phenoxy) is 3. The first-order valence-corrected chi connectivity index (χ1v) is 7.68. The molecule has 2 rings (SSSR count). The zero-order valence-corrected chi connectivity index (χ0v) is 14.3. The predicted molar refractivity (Wildman–Crippen MR) is 91.1 cm³/mol. The molecule has 0 aliphatic heterocycles. The Morgan fingerprint density at radius 3 is 2.56 bits per heavy atom. The number of nitro groups is 1. The largest absolute Gasteiger partial charge is 0.493 e. The molecule has 0 aromatic heterocycles. The van der Waals surface area contributed by atoms with Crippen LogP contribution in [0.4, 0.5) is 5.69 Å². The third-order valence-corrected chi connectivity index (χ3v) is 3.45. The van der Waals surface area contributed by atoms with E-state index in [0.717, 1.165) is 11.1 Å². The van der Waals surface area contributed by atoms with E-state index in [0.29, 0.717) is 6.61 Å². The molecule has 0 aliphatic rings. The number of carbonyl (C=O) groups excluding carboxylic acids is 1. The fourth-order valence-corrected chi connectivity index (χ4v) is 2.32. The van der Waals surface area contributed by atoms with Crippen LogP contribution in [0.25, 0.3) is 0 Å². The molecular formula is C18H19NO6. The molecule has 0 saturated carbocycles. The lowest BCUT2D eigenvalue weighted by atomic mass is 10.1. The van der Waals surface area contributed by atoms with E-state index in [-0.39, 0.29) is 23.7 Å². The first-order valence-electron chi connectivity index (χ1n) is 7.68. The third kappa shape index (κ3) is 4.47. The van der Waals surface area contributed by atoms with Gasteiger partial charge < -0.3 is 14.2 Å². The third-order valence-electron chi connectivity index (χ3n) is 3.45. The second-order valence-electron chi connectivity index (χ2n) is 5.28. The van der Waals surface area contributed by atoms with Crippen molar-refractivity contribution < 1.29 is 23.9 Å². The number of carbonyl (C=O) groups is 1. The number of rotatable bonds is 7. The van der Waals surface area contributed by atoms with Gasteiger partial charge in [-0.1, -0.05) is 29.8 Å². The molecule has 0 saturated heterocycles. The lowest BCUT2D eigenvalue weighted by Gasteiger charge is -2.12. The van der Waals surface area contributed by atoms with Crippen molar-refractivity contribution in [3.8, 4) is 11.5 Å². The fraction of sp³-hybridized carbons (Fsp3) is 0.278. The molecule has 7 nitrogen and oxygen atoms in total. The molecule has 0 amide bonds. The number of hydrogen-bond donors (Lipinski definition) is 0. The van der Waals surface area contributed by atoms with Crippen LogP contribution in [0.5, 0.6) is 11.5 Å². The molecule has 0 heterocycles.